The minimum atomic E-state index is 0.0453. The van der Waals surface area contributed by atoms with Gasteiger partial charge in [-0.2, -0.15) is 59.8 Å². The fourth-order valence-electron chi connectivity index (χ4n) is 3.34. The molecule has 183 valence electrons. The van der Waals surface area contributed by atoms with Crippen LogP contribution in [0.25, 0.3) is 0 Å². The maximum absolute atomic E-state index is 4.59. The average Bonchev–Trinajstić information content (AvgIpc) is 3.00. The fourth-order valence-corrected chi connectivity index (χ4v) is 3.34. The highest BCUT2D eigenvalue weighted by Crippen LogP contribution is 2.33. The minimum Gasteiger partial charge on any atom is -0.224 e. The second kappa shape index (κ2) is 9.43. The SMILES string of the molecule is c1ncnc([N+]2c3ncnc(n3)[N+](c3ncncn3)c3ncnc(n3)[N+](c3ncncn3)c3ncnc2n3)n1. The number of hydrogen-bond acceptors (Lipinski definition) is 21. The summed E-state index contributed by atoms with van der Waals surface area (Å²) in [5.41, 5.74) is 0. The minimum absolute atomic E-state index is 0.0453. The molecule has 1 aliphatic rings. The number of fused-ring (bicyclic) bond motifs is 6. The summed E-state index contributed by atoms with van der Waals surface area (Å²) in [4.78, 5) is 80.7. The Balaban J connectivity index is 1.55. The van der Waals surface area contributed by atoms with Crippen LogP contribution in [0.3, 0.4) is 0 Å². The standard InChI is InChI=1S/C18H9N21/c1-19-2-23-10(22-1)37-13-28-7-30-15(34-13)38(11-24-3-20-4-25-11)17-32-9-33-18(36-17)39(12-26-5-21-6-27-12)16-31-8-29-14(37)35-16/h1-9H/q+3. The Bertz CT molecular complexity index is 1470. The molecule has 0 spiro atoms. The van der Waals surface area contributed by atoms with Gasteiger partial charge in [-0.3, -0.25) is 0 Å². The first-order valence-corrected chi connectivity index (χ1v) is 10.7. The molecule has 6 bridgehead atoms. The van der Waals surface area contributed by atoms with E-state index in [-0.39, 0.29) is 53.5 Å². The van der Waals surface area contributed by atoms with Crippen LogP contribution in [0, 0.1) is 0 Å². The Morgan fingerprint density at radius 3 is 0.692 bits per heavy atom. The van der Waals surface area contributed by atoms with Gasteiger partial charge >= 0.3 is 53.5 Å². The van der Waals surface area contributed by atoms with E-state index in [9.17, 15) is 0 Å². The van der Waals surface area contributed by atoms with Crippen molar-refractivity contribution >= 4 is 53.5 Å². The normalized spacial score (nSPS) is 13.8. The molecule has 6 aromatic heterocycles. The lowest BCUT2D eigenvalue weighted by atomic mass is 10.6. The molecule has 0 saturated carbocycles. The summed E-state index contributed by atoms with van der Waals surface area (Å²) in [6.07, 6.45) is 11.6. The van der Waals surface area contributed by atoms with Gasteiger partial charge in [-0.25, -0.2) is 15.0 Å². The van der Waals surface area contributed by atoms with E-state index in [4.69, 9.17) is 0 Å². The molecule has 0 aromatic carbocycles. The molecule has 0 aliphatic carbocycles. The molecule has 0 amide bonds. The van der Waals surface area contributed by atoms with Gasteiger partial charge in [-0.15, -0.1) is 0 Å². The Morgan fingerprint density at radius 2 is 0.462 bits per heavy atom. The Kier molecular flexibility index (Phi) is 5.36. The zero-order chi connectivity index (χ0) is 26.0. The van der Waals surface area contributed by atoms with Crippen LogP contribution < -0.4 is 14.7 Å². The first kappa shape index (κ1) is 22.2. The van der Waals surface area contributed by atoms with Crippen molar-refractivity contribution in [3.05, 3.63) is 56.9 Å². The van der Waals surface area contributed by atoms with E-state index in [1.54, 1.807) is 0 Å². The van der Waals surface area contributed by atoms with Crippen molar-refractivity contribution in [2.45, 2.75) is 0 Å². The molecule has 0 saturated heterocycles. The highest BCUT2D eigenvalue weighted by Gasteiger charge is 2.46. The summed E-state index contributed by atoms with van der Waals surface area (Å²) in [5.74, 6) is 0.613. The van der Waals surface area contributed by atoms with E-state index < -0.39 is 0 Å². The summed E-state index contributed by atoms with van der Waals surface area (Å²) in [7, 11) is 0. The molecule has 0 unspecified atom stereocenters. The van der Waals surface area contributed by atoms with Crippen molar-refractivity contribution in [2.75, 3.05) is 0 Å². The first-order chi connectivity index (χ1) is 19.3. The van der Waals surface area contributed by atoms with Gasteiger partial charge in [-0.05, 0) is 0 Å². The van der Waals surface area contributed by atoms with Crippen LogP contribution in [0.1, 0.15) is 0 Å². The second-order valence-corrected chi connectivity index (χ2v) is 7.08. The van der Waals surface area contributed by atoms with E-state index in [0.717, 1.165) is 0 Å². The number of rotatable bonds is 3. The maximum Gasteiger partial charge on any atom is 0.404 e. The van der Waals surface area contributed by atoms with Crippen LogP contribution in [0.15, 0.2) is 56.9 Å². The van der Waals surface area contributed by atoms with E-state index in [1.807, 2.05) is 0 Å². The highest BCUT2D eigenvalue weighted by atomic mass is 15.5. The third-order valence-corrected chi connectivity index (χ3v) is 4.88. The predicted molar refractivity (Wildman–Crippen MR) is 122 cm³/mol. The number of anilines is 9. The molecule has 0 atom stereocenters. The summed E-state index contributed by atoms with van der Waals surface area (Å²) in [5, 5.41) is 0. The lowest BCUT2D eigenvalue weighted by Gasteiger charge is -2.09. The van der Waals surface area contributed by atoms with Crippen LogP contribution in [0.2, 0.25) is 0 Å². The van der Waals surface area contributed by atoms with Crippen molar-refractivity contribution < 1.29 is 0 Å². The maximum atomic E-state index is 4.59. The smallest absolute Gasteiger partial charge is 0.224 e. The average molecular weight is 519 g/mol. The topological polar surface area (TPSA) is 250 Å². The van der Waals surface area contributed by atoms with Gasteiger partial charge < -0.3 is 0 Å². The van der Waals surface area contributed by atoms with Crippen LogP contribution in [-0.4, -0.2) is 89.7 Å². The Labute approximate surface area is 215 Å². The number of nitrogens with zero attached hydrogens (tertiary/aromatic N) is 21. The number of aromatic nitrogens is 18. The molecule has 21 heteroatoms. The van der Waals surface area contributed by atoms with Crippen LogP contribution in [-0.2, 0) is 0 Å². The van der Waals surface area contributed by atoms with Gasteiger partial charge in [0.15, 0.2) is 0 Å². The monoisotopic (exact) mass is 519 g/mol. The summed E-state index contributed by atoms with van der Waals surface area (Å²) >= 11 is 0. The third kappa shape index (κ3) is 4.06. The number of hydrogen-bond donors (Lipinski definition) is 0. The third-order valence-electron chi connectivity index (χ3n) is 4.88. The molecular formula is C18H9N21+3. The lowest BCUT2D eigenvalue weighted by Crippen LogP contribution is -2.27. The lowest BCUT2D eigenvalue weighted by molar-refractivity contribution is 0.657. The van der Waals surface area contributed by atoms with Crippen molar-refractivity contribution in [1.29, 1.82) is 0 Å². The molecule has 0 fully saturated rings. The molecule has 7 rings (SSSR count). The zero-order valence-electron chi connectivity index (χ0n) is 19.1. The van der Waals surface area contributed by atoms with Gasteiger partial charge in [0.25, 0.3) is 0 Å². The zero-order valence-corrected chi connectivity index (χ0v) is 19.1. The van der Waals surface area contributed by atoms with E-state index in [0.29, 0.717) is 0 Å². The van der Waals surface area contributed by atoms with Crippen LogP contribution >= 0.6 is 0 Å². The Morgan fingerprint density at radius 1 is 0.256 bits per heavy atom. The van der Waals surface area contributed by atoms with Crippen LogP contribution in [0.4, 0.5) is 53.5 Å². The quantitative estimate of drug-likeness (QED) is 0.264. The summed E-state index contributed by atoms with van der Waals surface area (Å²) in [6.45, 7) is 0. The largest absolute Gasteiger partial charge is 0.404 e. The van der Waals surface area contributed by atoms with Gasteiger partial charge in [-0.1, -0.05) is 15.0 Å². The first-order valence-electron chi connectivity index (χ1n) is 10.7. The molecule has 1 aliphatic heterocycles. The Hall–Kier alpha value is -6.06. The molecule has 7 heterocycles. The van der Waals surface area contributed by atoms with Gasteiger partial charge in [0.1, 0.15) is 56.9 Å². The summed E-state index contributed by atoms with van der Waals surface area (Å²) in [6, 6.07) is 0. The molecular weight excluding hydrogens is 510 g/mol. The molecule has 21 nitrogen and oxygen atoms in total. The van der Waals surface area contributed by atoms with E-state index in [1.165, 1.54) is 71.6 Å². The van der Waals surface area contributed by atoms with Crippen molar-refractivity contribution in [3.8, 4) is 0 Å². The molecule has 39 heavy (non-hydrogen) atoms. The highest BCUT2D eigenvalue weighted by molar-refractivity contribution is 5.56. The van der Waals surface area contributed by atoms with Gasteiger partial charge in [0.05, 0.1) is 14.7 Å². The van der Waals surface area contributed by atoms with Gasteiger partial charge in [0.2, 0.25) is 0 Å². The van der Waals surface area contributed by atoms with Crippen LogP contribution in [0.5, 0.6) is 0 Å². The van der Waals surface area contributed by atoms with E-state index in [2.05, 4.69) is 89.7 Å². The van der Waals surface area contributed by atoms with Crippen molar-refractivity contribution in [3.63, 3.8) is 0 Å². The summed E-state index contributed by atoms with van der Waals surface area (Å²) < 4.78 is 0. The fraction of sp³-hybridized carbons (Fsp3) is 0. The molecule has 0 N–H and O–H groups in total. The van der Waals surface area contributed by atoms with Crippen molar-refractivity contribution in [2.24, 2.45) is 0 Å². The van der Waals surface area contributed by atoms with Gasteiger partial charge in [0, 0.05) is 0 Å². The van der Waals surface area contributed by atoms with Crippen molar-refractivity contribution in [1.82, 2.24) is 104 Å². The second-order valence-electron chi connectivity index (χ2n) is 7.08. The molecule has 6 aromatic rings. The predicted octanol–water partition coefficient (Wildman–Crippen LogP) is -0.585. The van der Waals surface area contributed by atoms with E-state index >= 15 is 0 Å². The molecule has 3 radical (unpaired) electrons.